The Morgan fingerprint density at radius 3 is 2.43 bits per heavy atom. The third-order valence-electron chi connectivity index (χ3n) is 10.5. The van der Waals surface area contributed by atoms with Crippen LogP contribution in [0.25, 0.3) is 0 Å². The topological polar surface area (TPSA) is 70.1 Å². The molecular weight excluding hydrogens is 555 g/mol. The van der Waals surface area contributed by atoms with Crippen LogP contribution in [0.3, 0.4) is 0 Å². The minimum atomic E-state index is -0.655. The van der Waals surface area contributed by atoms with Crippen LogP contribution < -0.4 is 0 Å². The maximum atomic E-state index is 14.3. The fourth-order valence-corrected chi connectivity index (χ4v) is 8.26. The molecule has 1 amide bonds. The molecule has 0 bridgehead atoms. The highest BCUT2D eigenvalue weighted by Gasteiger charge is 2.45. The normalized spacial score (nSPS) is 24.1. The van der Waals surface area contributed by atoms with Crippen molar-refractivity contribution in [2.75, 3.05) is 26.2 Å². The molecule has 1 saturated heterocycles. The van der Waals surface area contributed by atoms with E-state index in [4.69, 9.17) is 4.74 Å². The van der Waals surface area contributed by atoms with Crippen LogP contribution in [0.2, 0.25) is 0 Å². The van der Waals surface area contributed by atoms with E-state index in [1.54, 1.807) is 23.1 Å². The summed E-state index contributed by atoms with van der Waals surface area (Å²) in [5.41, 5.74) is 3.13. The summed E-state index contributed by atoms with van der Waals surface area (Å²) in [6, 6.07) is 15.0. The van der Waals surface area contributed by atoms with Gasteiger partial charge >= 0.3 is 12.1 Å². The molecule has 2 unspecified atom stereocenters. The molecule has 2 aliphatic carbocycles. The summed E-state index contributed by atoms with van der Waals surface area (Å²) in [6.45, 7) is 9.16. The van der Waals surface area contributed by atoms with Gasteiger partial charge in [-0.15, -0.1) is 6.58 Å². The van der Waals surface area contributed by atoms with E-state index in [1.165, 1.54) is 18.1 Å². The molecule has 44 heavy (non-hydrogen) atoms. The first-order valence-corrected chi connectivity index (χ1v) is 16.6. The van der Waals surface area contributed by atoms with Crippen LogP contribution in [-0.2, 0) is 16.1 Å². The summed E-state index contributed by atoms with van der Waals surface area (Å²) in [4.78, 5) is 30.0. The van der Waals surface area contributed by atoms with E-state index in [1.807, 2.05) is 37.3 Å². The lowest BCUT2D eigenvalue weighted by Gasteiger charge is -2.39. The second-order valence-electron chi connectivity index (χ2n) is 13.4. The van der Waals surface area contributed by atoms with E-state index in [9.17, 15) is 19.1 Å². The number of aryl methyl sites for hydroxylation is 1. The van der Waals surface area contributed by atoms with Crippen LogP contribution in [0.5, 0.6) is 0 Å². The van der Waals surface area contributed by atoms with E-state index >= 15 is 0 Å². The number of likely N-dealkylation sites (tertiary alicyclic amines) is 1. The number of carbonyl (C=O) groups excluding carboxylic acids is 1. The number of carboxylic acids is 1. The van der Waals surface area contributed by atoms with E-state index in [-0.39, 0.29) is 54.1 Å². The number of benzene rings is 2. The summed E-state index contributed by atoms with van der Waals surface area (Å²) in [7, 11) is 0. The Balaban J connectivity index is 1.22. The number of hydrogen-bond acceptors (Lipinski definition) is 4. The summed E-state index contributed by atoms with van der Waals surface area (Å²) >= 11 is 0. The van der Waals surface area contributed by atoms with Crippen molar-refractivity contribution in [3.63, 3.8) is 0 Å². The summed E-state index contributed by atoms with van der Waals surface area (Å²) < 4.78 is 20.0. The zero-order valence-electron chi connectivity index (χ0n) is 26.2. The van der Waals surface area contributed by atoms with Gasteiger partial charge in [-0.1, -0.05) is 67.3 Å². The Morgan fingerprint density at radius 1 is 1.05 bits per heavy atom. The zero-order valence-corrected chi connectivity index (χ0v) is 26.2. The average molecular weight is 605 g/mol. The standard InChI is InChI=1S/C37H49FN2O4/c1-3-18-40(37(43)44-25-27-14-12-26(2)13-15-27)33-16-19-39(20-17-33)24-31-21-30(23-34(31)29-10-7-11-32(38)22-29)35(36(41)42)28-8-5-4-6-9-28/h3,7,10-15,22,28,30-31,33-35H,1,4-6,8-9,16-21,23-25H2,2H3,(H,41,42)/t30?,31-,34-,35?/m1/s1. The molecule has 0 radical (unpaired) electrons. The summed E-state index contributed by atoms with van der Waals surface area (Å²) in [6.07, 6.45) is 10.2. The first kappa shape index (κ1) is 32.2. The van der Waals surface area contributed by atoms with Gasteiger partial charge in [-0.3, -0.25) is 4.79 Å². The number of halogens is 1. The molecule has 238 valence electrons. The van der Waals surface area contributed by atoms with Crippen LogP contribution in [0, 0.1) is 36.4 Å². The molecule has 2 aromatic rings. The Morgan fingerprint density at radius 2 is 1.77 bits per heavy atom. The van der Waals surface area contributed by atoms with E-state index < -0.39 is 5.97 Å². The van der Waals surface area contributed by atoms with Crippen LogP contribution >= 0.6 is 0 Å². The third-order valence-corrected chi connectivity index (χ3v) is 10.5. The quantitative estimate of drug-likeness (QED) is 0.265. The predicted molar refractivity (Wildman–Crippen MR) is 171 cm³/mol. The largest absolute Gasteiger partial charge is 0.481 e. The van der Waals surface area contributed by atoms with Crippen LogP contribution in [0.1, 0.15) is 80.4 Å². The first-order chi connectivity index (χ1) is 21.3. The second kappa shape index (κ2) is 15.2. The molecule has 3 fully saturated rings. The molecule has 7 heteroatoms. The maximum Gasteiger partial charge on any atom is 0.410 e. The number of aliphatic carboxylic acids is 1. The number of amides is 1. The first-order valence-electron chi connectivity index (χ1n) is 16.6. The number of hydrogen-bond donors (Lipinski definition) is 1. The van der Waals surface area contributed by atoms with Crippen molar-refractivity contribution in [2.24, 2.45) is 23.7 Å². The van der Waals surface area contributed by atoms with Gasteiger partial charge in [0, 0.05) is 32.2 Å². The van der Waals surface area contributed by atoms with Crippen LogP contribution in [-0.4, -0.2) is 59.2 Å². The number of piperidine rings is 1. The predicted octanol–water partition coefficient (Wildman–Crippen LogP) is 7.81. The molecule has 2 saturated carbocycles. The van der Waals surface area contributed by atoms with Gasteiger partial charge in [0.1, 0.15) is 12.4 Å². The molecule has 1 aliphatic heterocycles. The van der Waals surface area contributed by atoms with Gasteiger partial charge in [0.05, 0.1) is 5.92 Å². The summed E-state index contributed by atoms with van der Waals surface area (Å²) in [5, 5.41) is 10.4. The van der Waals surface area contributed by atoms with Gasteiger partial charge in [-0.25, -0.2) is 9.18 Å². The van der Waals surface area contributed by atoms with Crippen molar-refractivity contribution in [2.45, 2.75) is 83.3 Å². The van der Waals surface area contributed by atoms with Gasteiger partial charge in [0.15, 0.2) is 0 Å². The highest BCUT2D eigenvalue weighted by molar-refractivity contribution is 5.71. The molecule has 3 aliphatic rings. The molecule has 0 aromatic heterocycles. The molecular formula is C37H49FN2O4. The van der Waals surface area contributed by atoms with E-state index in [0.717, 1.165) is 82.1 Å². The van der Waals surface area contributed by atoms with Crippen molar-refractivity contribution < 1.29 is 23.8 Å². The third kappa shape index (κ3) is 8.09. The van der Waals surface area contributed by atoms with Crippen molar-refractivity contribution in [3.8, 4) is 0 Å². The Kier molecular flexibility index (Phi) is 11.1. The fourth-order valence-electron chi connectivity index (χ4n) is 8.26. The Labute approximate surface area is 262 Å². The molecule has 5 rings (SSSR count). The highest BCUT2D eigenvalue weighted by atomic mass is 19.1. The lowest BCUT2D eigenvalue weighted by molar-refractivity contribution is -0.146. The Hall–Kier alpha value is -3.19. The van der Waals surface area contributed by atoms with E-state index in [0.29, 0.717) is 6.54 Å². The number of carbonyl (C=O) groups is 2. The zero-order chi connectivity index (χ0) is 31.1. The molecule has 1 N–H and O–H groups in total. The van der Waals surface area contributed by atoms with Crippen LogP contribution in [0.4, 0.5) is 9.18 Å². The molecule has 1 heterocycles. The second-order valence-corrected chi connectivity index (χ2v) is 13.4. The van der Waals surface area contributed by atoms with Crippen molar-refractivity contribution in [3.05, 3.63) is 83.7 Å². The minimum Gasteiger partial charge on any atom is -0.481 e. The molecule has 0 spiro atoms. The monoisotopic (exact) mass is 604 g/mol. The van der Waals surface area contributed by atoms with Crippen LogP contribution in [0.15, 0.2) is 61.2 Å². The number of ether oxygens (including phenoxy) is 1. The van der Waals surface area contributed by atoms with Gasteiger partial charge in [-0.2, -0.15) is 0 Å². The lowest BCUT2D eigenvalue weighted by atomic mass is 9.73. The van der Waals surface area contributed by atoms with Crippen molar-refractivity contribution in [1.82, 2.24) is 9.80 Å². The van der Waals surface area contributed by atoms with Gasteiger partial charge in [0.2, 0.25) is 0 Å². The SMILES string of the molecule is C=CCN(C(=O)OCc1ccc(C)cc1)C1CCN(C[C@H]2CC(C(C(=O)O)C3CCCCC3)C[C@@H]2c2cccc(F)c2)CC1. The molecule has 6 nitrogen and oxygen atoms in total. The maximum absolute atomic E-state index is 14.3. The smallest absolute Gasteiger partial charge is 0.410 e. The van der Waals surface area contributed by atoms with Gasteiger partial charge in [-0.05, 0) is 92.4 Å². The van der Waals surface area contributed by atoms with Crippen molar-refractivity contribution in [1.29, 1.82) is 0 Å². The number of rotatable bonds is 11. The number of carboxylic acid groups (broad SMARTS) is 1. The highest BCUT2D eigenvalue weighted by Crippen LogP contribution is 2.50. The fraction of sp³-hybridized carbons (Fsp3) is 0.568. The average Bonchev–Trinajstić information content (AvgIpc) is 3.43. The minimum absolute atomic E-state index is 0.0767. The summed E-state index contributed by atoms with van der Waals surface area (Å²) in [5.74, 6) is -0.434. The molecule has 2 aromatic carbocycles. The van der Waals surface area contributed by atoms with Gasteiger partial charge in [0.25, 0.3) is 0 Å². The molecule has 4 atom stereocenters. The van der Waals surface area contributed by atoms with Crippen molar-refractivity contribution >= 4 is 12.1 Å². The van der Waals surface area contributed by atoms with Gasteiger partial charge < -0.3 is 19.6 Å². The lowest BCUT2D eigenvalue weighted by Crippen LogP contribution is -2.48. The Bertz CT molecular complexity index is 1250. The number of nitrogens with zero attached hydrogens (tertiary/aromatic N) is 2. The van der Waals surface area contributed by atoms with E-state index in [2.05, 4.69) is 11.5 Å².